The molecule has 0 bridgehead atoms. The SMILES string of the molecule is CC(=O)N(C)Cc1cccc(NCc2cccc(Br)c2)c1. The zero-order valence-corrected chi connectivity index (χ0v) is 13.9. The molecule has 0 fully saturated rings. The Morgan fingerprint density at radius 3 is 2.57 bits per heavy atom. The van der Waals surface area contributed by atoms with Crippen LogP contribution in [-0.4, -0.2) is 17.9 Å². The molecule has 4 heteroatoms. The molecule has 0 heterocycles. The maximum Gasteiger partial charge on any atom is 0.219 e. The van der Waals surface area contributed by atoms with Crippen molar-refractivity contribution in [2.24, 2.45) is 0 Å². The van der Waals surface area contributed by atoms with Gasteiger partial charge in [-0.15, -0.1) is 0 Å². The Morgan fingerprint density at radius 1 is 1.14 bits per heavy atom. The molecule has 2 aromatic rings. The molecule has 0 saturated heterocycles. The number of benzene rings is 2. The fourth-order valence-electron chi connectivity index (χ4n) is 2.02. The van der Waals surface area contributed by atoms with Gasteiger partial charge in [-0.05, 0) is 35.4 Å². The fourth-order valence-corrected chi connectivity index (χ4v) is 2.46. The Kier molecular flexibility index (Phi) is 5.39. The summed E-state index contributed by atoms with van der Waals surface area (Å²) in [6, 6.07) is 16.4. The second-order valence-corrected chi connectivity index (χ2v) is 5.97. The van der Waals surface area contributed by atoms with E-state index in [1.807, 2.05) is 37.4 Å². The van der Waals surface area contributed by atoms with Gasteiger partial charge in [0, 0.05) is 37.2 Å². The van der Waals surface area contributed by atoms with Crippen molar-refractivity contribution in [3.8, 4) is 0 Å². The van der Waals surface area contributed by atoms with Crippen molar-refractivity contribution in [3.05, 3.63) is 64.1 Å². The standard InChI is InChI=1S/C17H19BrN2O/c1-13(21)20(2)12-15-6-4-8-17(10-15)19-11-14-5-3-7-16(18)9-14/h3-10,19H,11-12H2,1-2H3. The third kappa shape index (κ3) is 4.90. The van der Waals surface area contributed by atoms with E-state index in [2.05, 4.69) is 39.4 Å². The van der Waals surface area contributed by atoms with Crippen LogP contribution in [0.3, 0.4) is 0 Å². The second kappa shape index (κ2) is 7.27. The van der Waals surface area contributed by atoms with E-state index in [1.165, 1.54) is 5.56 Å². The predicted octanol–water partition coefficient (Wildman–Crippen LogP) is 4.04. The minimum Gasteiger partial charge on any atom is -0.381 e. The number of rotatable bonds is 5. The molecule has 0 atom stereocenters. The highest BCUT2D eigenvalue weighted by Gasteiger charge is 2.04. The van der Waals surface area contributed by atoms with Gasteiger partial charge < -0.3 is 10.2 Å². The van der Waals surface area contributed by atoms with E-state index in [0.29, 0.717) is 6.54 Å². The van der Waals surface area contributed by atoms with E-state index in [4.69, 9.17) is 0 Å². The van der Waals surface area contributed by atoms with Crippen LogP contribution in [0.25, 0.3) is 0 Å². The largest absolute Gasteiger partial charge is 0.381 e. The highest BCUT2D eigenvalue weighted by atomic mass is 79.9. The molecular formula is C17H19BrN2O. The molecule has 110 valence electrons. The van der Waals surface area contributed by atoms with Gasteiger partial charge in [0.15, 0.2) is 0 Å². The van der Waals surface area contributed by atoms with E-state index < -0.39 is 0 Å². The maximum atomic E-state index is 11.3. The number of anilines is 1. The van der Waals surface area contributed by atoms with Crippen LogP contribution >= 0.6 is 15.9 Å². The van der Waals surface area contributed by atoms with Crippen LogP contribution in [0, 0.1) is 0 Å². The number of nitrogens with one attached hydrogen (secondary N) is 1. The third-order valence-corrected chi connectivity index (χ3v) is 3.76. The van der Waals surface area contributed by atoms with Gasteiger partial charge in [-0.1, -0.05) is 40.2 Å². The molecule has 21 heavy (non-hydrogen) atoms. The molecule has 1 N–H and O–H groups in total. The Balaban J connectivity index is 1.99. The summed E-state index contributed by atoms with van der Waals surface area (Å²) in [5.74, 6) is 0.0718. The lowest BCUT2D eigenvalue weighted by atomic mass is 10.1. The average molecular weight is 347 g/mol. The average Bonchev–Trinajstić information content (AvgIpc) is 2.45. The quantitative estimate of drug-likeness (QED) is 0.885. The van der Waals surface area contributed by atoms with Crippen molar-refractivity contribution < 1.29 is 4.79 Å². The van der Waals surface area contributed by atoms with Gasteiger partial charge in [0.1, 0.15) is 0 Å². The molecule has 0 radical (unpaired) electrons. The monoisotopic (exact) mass is 346 g/mol. The molecule has 0 aliphatic rings. The van der Waals surface area contributed by atoms with Gasteiger partial charge in [0.25, 0.3) is 0 Å². The summed E-state index contributed by atoms with van der Waals surface area (Å²) < 4.78 is 1.08. The molecule has 2 aromatic carbocycles. The highest BCUT2D eigenvalue weighted by Crippen LogP contribution is 2.16. The molecular weight excluding hydrogens is 328 g/mol. The van der Waals surface area contributed by atoms with Gasteiger partial charge in [0.2, 0.25) is 5.91 Å². The zero-order chi connectivity index (χ0) is 15.2. The first kappa shape index (κ1) is 15.6. The lowest BCUT2D eigenvalue weighted by Crippen LogP contribution is -2.22. The van der Waals surface area contributed by atoms with Crippen molar-refractivity contribution in [2.45, 2.75) is 20.0 Å². The minimum atomic E-state index is 0.0718. The van der Waals surface area contributed by atoms with Crippen molar-refractivity contribution in [1.29, 1.82) is 0 Å². The molecule has 2 rings (SSSR count). The summed E-state index contributed by atoms with van der Waals surface area (Å²) in [4.78, 5) is 13.0. The molecule has 0 aliphatic carbocycles. The van der Waals surface area contributed by atoms with Crippen molar-refractivity contribution in [3.63, 3.8) is 0 Å². The summed E-state index contributed by atoms with van der Waals surface area (Å²) >= 11 is 3.48. The lowest BCUT2D eigenvalue weighted by molar-refractivity contribution is -0.128. The normalized spacial score (nSPS) is 10.2. The maximum absolute atomic E-state index is 11.3. The molecule has 3 nitrogen and oxygen atoms in total. The Bertz CT molecular complexity index is 628. The summed E-state index contributed by atoms with van der Waals surface area (Å²) in [6.45, 7) is 2.97. The number of hydrogen-bond donors (Lipinski definition) is 1. The van der Waals surface area contributed by atoms with E-state index in [0.717, 1.165) is 22.3 Å². The van der Waals surface area contributed by atoms with Gasteiger partial charge in [0.05, 0.1) is 0 Å². The van der Waals surface area contributed by atoms with Crippen molar-refractivity contribution in [2.75, 3.05) is 12.4 Å². The smallest absolute Gasteiger partial charge is 0.219 e. The number of carbonyl (C=O) groups is 1. The third-order valence-electron chi connectivity index (χ3n) is 3.27. The predicted molar refractivity (Wildman–Crippen MR) is 90.1 cm³/mol. The van der Waals surface area contributed by atoms with Crippen LogP contribution in [0.1, 0.15) is 18.1 Å². The van der Waals surface area contributed by atoms with Crippen LogP contribution in [0.2, 0.25) is 0 Å². The van der Waals surface area contributed by atoms with Crippen molar-refractivity contribution >= 4 is 27.5 Å². The van der Waals surface area contributed by atoms with Gasteiger partial charge in [-0.3, -0.25) is 4.79 Å². The van der Waals surface area contributed by atoms with Crippen LogP contribution < -0.4 is 5.32 Å². The number of nitrogens with zero attached hydrogens (tertiary/aromatic N) is 1. The topological polar surface area (TPSA) is 32.3 Å². The molecule has 0 aliphatic heterocycles. The first-order valence-corrected chi connectivity index (χ1v) is 7.63. The van der Waals surface area contributed by atoms with Gasteiger partial charge in [-0.25, -0.2) is 0 Å². The van der Waals surface area contributed by atoms with Crippen LogP contribution in [0.5, 0.6) is 0 Å². The molecule has 0 spiro atoms. The lowest BCUT2D eigenvalue weighted by Gasteiger charge is -2.15. The van der Waals surface area contributed by atoms with Gasteiger partial charge in [-0.2, -0.15) is 0 Å². The molecule has 0 aromatic heterocycles. The van der Waals surface area contributed by atoms with Gasteiger partial charge >= 0.3 is 0 Å². The van der Waals surface area contributed by atoms with Crippen molar-refractivity contribution in [1.82, 2.24) is 4.90 Å². The van der Waals surface area contributed by atoms with E-state index in [-0.39, 0.29) is 5.91 Å². The summed E-state index contributed by atoms with van der Waals surface area (Å²) in [7, 11) is 1.81. The Hall–Kier alpha value is -1.81. The molecule has 1 amide bonds. The summed E-state index contributed by atoms with van der Waals surface area (Å²) in [6.07, 6.45) is 0. The Labute approximate surface area is 134 Å². The van der Waals surface area contributed by atoms with E-state index in [9.17, 15) is 4.79 Å². The number of amides is 1. The summed E-state index contributed by atoms with van der Waals surface area (Å²) in [5.41, 5.74) is 3.40. The second-order valence-electron chi connectivity index (χ2n) is 5.06. The number of hydrogen-bond acceptors (Lipinski definition) is 2. The highest BCUT2D eigenvalue weighted by molar-refractivity contribution is 9.10. The van der Waals surface area contributed by atoms with Crippen LogP contribution in [0.15, 0.2) is 53.0 Å². The number of halogens is 1. The van der Waals surface area contributed by atoms with E-state index >= 15 is 0 Å². The minimum absolute atomic E-state index is 0.0718. The molecule has 0 unspecified atom stereocenters. The zero-order valence-electron chi connectivity index (χ0n) is 12.3. The number of carbonyl (C=O) groups excluding carboxylic acids is 1. The fraction of sp³-hybridized carbons (Fsp3) is 0.235. The molecule has 0 saturated carbocycles. The summed E-state index contributed by atoms with van der Waals surface area (Å²) in [5, 5.41) is 3.41. The first-order valence-electron chi connectivity index (χ1n) is 6.83. The van der Waals surface area contributed by atoms with Crippen LogP contribution in [0.4, 0.5) is 5.69 Å². The van der Waals surface area contributed by atoms with E-state index in [1.54, 1.807) is 11.8 Å². The van der Waals surface area contributed by atoms with Crippen LogP contribution in [-0.2, 0) is 17.9 Å². The first-order chi connectivity index (χ1) is 10.0. The Morgan fingerprint density at radius 2 is 1.86 bits per heavy atom.